The molecule has 0 fully saturated rings. The Hall–Kier alpha value is -5.22. The first kappa shape index (κ1) is 25.5. The molecule has 4 aromatic carbocycles. The molecular weight excluding hydrogens is 524 g/mol. The number of fused-ring (bicyclic) bond motifs is 6. The number of rotatable bonds is 3. The number of para-hydroxylation sites is 3. The summed E-state index contributed by atoms with van der Waals surface area (Å²) in [5.74, 6) is 0.881. The lowest BCUT2D eigenvalue weighted by Gasteiger charge is -2.22. The Morgan fingerprint density at radius 2 is 1.12 bits per heavy atom. The van der Waals surface area contributed by atoms with Gasteiger partial charge in [0, 0.05) is 32.8 Å². The fourth-order valence-corrected chi connectivity index (χ4v) is 6.38. The second kappa shape index (κ2) is 9.40. The molecular formula is C39H32N4. The van der Waals surface area contributed by atoms with Gasteiger partial charge in [0.2, 0.25) is 0 Å². The highest BCUT2D eigenvalue weighted by atomic mass is 15.1. The van der Waals surface area contributed by atoms with Crippen molar-refractivity contribution in [1.82, 2.24) is 19.1 Å². The summed E-state index contributed by atoms with van der Waals surface area (Å²) in [4.78, 5) is 10.8. The van der Waals surface area contributed by atoms with Gasteiger partial charge in [0.1, 0.15) is 17.1 Å². The van der Waals surface area contributed by atoms with Gasteiger partial charge < -0.3 is 0 Å². The molecule has 43 heavy (non-hydrogen) atoms. The number of benzene rings is 4. The first-order valence-corrected chi connectivity index (χ1v) is 14.9. The van der Waals surface area contributed by atoms with Gasteiger partial charge in [-0.25, -0.2) is 9.97 Å². The van der Waals surface area contributed by atoms with E-state index < -0.39 is 0 Å². The zero-order valence-corrected chi connectivity index (χ0v) is 24.8. The van der Waals surface area contributed by atoms with Crippen LogP contribution in [0.4, 0.5) is 0 Å². The molecule has 0 atom stereocenters. The van der Waals surface area contributed by atoms with Crippen molar-refractivity contribution >= 4 is 43.9 Å². The molecule has 0 aliphatic carbocycles. The Balaban J connectivity index is 1.52. The van der Waals surface area contributed by atoms with Gasteiger partial charge >= 0.3 is 0 Å². The summed E-state index contributed by atoms with van der Waals surface area (Å²) in [7, 11) is 0. The van der Waals surface area contributed by atoms with Crippen LogP contribution in [0.25, 0.3) is 66.6 Å². The van der Waals surface area contributed by atoms with Crippen LogP contribution in [0.1, 0.15) is 31.9 Å². The molecule has 0 aliphatic heterocycles. The fraction of sp³-hybridized carbons (Fsp3) is 0.128. The second-order valence-corrected chi connectivity index (χ2v) is 12.4. The molecule has 0 saturated carbocycles. The van der Waals surface area contributed by atoms with Crippen molar-refractivity contribution in [2.24, 2.45) is 0 Å². The molecule has 4 aromatic heterocycles. The molecule has 0 N–H and O–H groups in total. The fourth-order valence-electron chi connectivity index (χ4n) is 6.38. The maximum absolute atomic E-state index is 5.50. The van der Waals surface area contributed by atoms with E-state index in [1.54, 1.807) is 0 Å². The van der Waals surface area contributed by atoms with Gasteiger partial charge in [-0.05, 0) is 65.9 Å². The Morgan fingerprint density at radius 3 is 1.79 bits per heavy atom. The SMILES string of the molecule is Cc1ccccc1-c1cc(C(C)(C)C)cc(-n2c3ccccc3c3cc4c5ccccc5n(-c5ccccc5)c4nc32)n1. The predicted octanol–water partition coefficient (Wildman–Crippen LogP) is 9.94. The summed E-state index contributed by atoms with van der Waals surface area (Å²) >= 11 is 0. The average Bonchev–Trinajstić information content (AvgIpc) is 3.52. The van der Waals surface area contributed by atoms with Gasteiger partial charge in [-0.15, -0.1) is 0 Å². The van der Waals surface area contributed by atoms with Crippen molar-refractivity contribution in [3.05, 3.63) is 132 Å². The van der Waals surface area contributed by atoms with Crippen LogP contribution in [0.2, 0.25) is 0 Å². The molecule has 0 saturated heterocycles. The van der Waals surface area contributed by atoms with Crippen LogP contribution in [-0.4, -0.2) is 19.1 Å². The first-order valence-electron chi connectivity index (χ1n) is 14.9. The van der Waals surface area contributed by atoms with Crippen molar-refractivity contribution in [1.29, 1.82) is 0 Å². The highest BCUT2D eigenvalue weighted by Crippen LogP contribution is 2.38. The molecule has 8 rings (SSSR count). The zero-order chi connectivity index (χ0) is 29.3. The summed E-state index contributed by atoms with van der Waals surface area (Å²) in [6.45, 7) is 8.95. The van der Waals surface area contributed by atoms with Gasteiger partial charge in [-0.3, -0.25) is 9.13 Å². The van der Waals surface area contributed by atoms with Gasteiger partial charge in [0.25, 0.3) is 0 Å². The van der Waals surface area contributed by atoms with Crippen LogP contribution in [-0.2, 0) is 5.41 Å². The van der Waals surface area contributed by atoms with Gasteiger partial charge in [0.15, 0.2) is 0 Å². The Labute approximate surface area is 250 Å². The lowest BCUT2D eigenvalue weighted by molar-refractivity contribution is 0.589. The van der Waals surface area contributed by atoms with Crippen LogP contribution in [0.3, 0.4) is 0 Å². The largest absolute Gasteiger partial charge is 0.294 e. The number of hydrogen-bond donors (Lipinski definition) is 0. The Morgan fingerprint density at radius 1 is 0.535 bits per heavy atom. The van der Waals surface area contributed by atoms with Crippen LogP contribution >= 0.6 is 0 Å². The van der Waals surface area contributed by atoms with E-state index in [-0.39, 0.29) is 5.41 Å². The number of nitrogens with zero attached hydrogens (tertiary/aromatic N) is 4. The molecule has 0 spiro atoms. The molecule has 4 heteroatoms. The van der Waals surface area contributed by atoms with E-state index in [0.717, 1.165) is 55.9 Å². The minimum atomic E-state index is -0.0612. The number of hydrogen-bond acceptors (Lipinski definition) is 2. The highest BCUT2D eigenvalue weighted by Gasteiger charge is 2.23. The van der Waals surface area contributed by atoms with Gasteiger partial charge in [-0.2, -0.15) is 0 Å². The zero-order valence-electron chi connectivity index (χ0n) is 24.8. The van der Waals surface area contributed by atoms with E-state index >= 15 is 0 Å². The summed E-state index contributed by atoms with van der Waals surface area (Å²) in [5.41, 5.74) is 9.70. The maximum Gasteiger partial charge on any atom is 0.149 e. The highest BCUT2D eigenvalue weighted by molar-refractivity contribution is 6.16. The van der Waals surface area contributed by atoms with Crippen molar-refractivity contribution in [3.8, 4) is 22.8 Å². The monoisotopic (exact) mass is 556 g/mol. The first-order chi connectivity index (χ1) is 20.9. The van der Waals surface area contributed by atoms with Crippen molar-refractivity contribution in [2.45, 2.75) is 33.1 Å². The third-order valence-electron chi connectivity index (χ3n) is 8.62. The third-order valence-corrected chi connectivity index (χ3v) is 8.62. The van der Waals surface area contributed by atoms with Crippen LogP contribution in [0.15, 0.2) is 121 Å². The van der Waals surface area contributed by atoms with Crippen molar-refractivity contribution in [3.63, 3.8) is 0 Å². The second-order valence-electron chi connectivity index (χ2n) is 12.4. The van der Waals surface area contributed by atoms with E-state index in [4.69, 9.17) is 9.97 Å². The minimum Gasteiger partial charge on any atom is -0.294 e. The Kier molecular flexibility index (Phi) is 5.57. The molecule has 4 heterocycles. The standard InChI is InChI=1S/C39H32N4/c1-25-14-8-9-17-28(25)33-22-26(39(2,3)4)23-36(40-33)43-35-21-13-11-19-30(35)32-24-31-29-18-10-12-20-34(29)42(37(31)41-38(32)43)27-15-6-5-7-16-27/h5-24H,1-4H3. The molecule has 0 unspecified atom stereocenters. The summed E-state index contributed by atoms with van der Waals surface area (Å²) in [6, 6.07) is 43.0. The molecule has 208 valence electrons. The summed E-state index contributed by atoms with van der Waals surface area (Å²) in [5, 5.41) is 4.64. The topological polar surface area (TPSA) is 35.6 Å². The lowest BCUT2D eigenvalue weighted by Crippen LogP contribution is -2.13. The molecule has 0 radical (unpaired) electrons. The quantitative estimate of drug-likeness (QED) is 0.217. The molecule has 0 aliphatic rings. The van der Waals surface area contributed by atoms with E-state index in [9.17, 15) is 0 Å². The minimum absolute atomic E-state index is 0.0612. The molecule has 0 amide bonds. The summed E-state index contributed by atoms with van der Waals surface area (Å²) < 4.78 is 4.54. The normalized spacial score (nSPS) is 12.2. The Bertz CT molecular complexity index is 2330. The van der Waals surface area contributed by atoms with Gasteiger partial charge in [-0.1, -0.05) is 99.6 Å². The predicted molar refractivity (Wildman–Crippen MR) is 180 cm³/mol. The lowest BCUT2D eigenvalue weighted by atomic mass is 9.86. The molecule has 0 bridgehead atoms. The van der Waals surface area contributed by atoms with E-state index in [2.05, 4.69) is 158 Å². The number of pyridine rings is 2. The maximum atomic E-state index is 5.50. The van der Waals surface area contributed by atoms with E-state index in [1.165, 1.54) is 21.9 Å². The number of aryl methyl sites for hydroxylation is 1. The summed E-state index contributed by atoms with van der Waals surface area (Å²) in [6.07, 6.45) is 0. The molecule has 8 aromatic rings. The van der Waals surface area contributed by atoms with Crippen LogP contribution < -0.4 is 0 Å². The van der Waals surface area contributed by atoms with Gasteiger partial charge in [0.05, 0.1) is 16.7 Å². The van der Waals surface area contributed by atoms with Crippen molar-refractivity contribution in [2.75, 3.05) is 0 Å². The number of aromatic nitrogens is 4. The van der Waals surface area contributed by atoms with E-state index in [1.807, 2.05) is 0 Å². The van der Waals surface area contributed by atoms with Crippen LogP contribution in [0.5, 0.6) is 0 Å². The average molecular weight is 557 g/mol. The smallest absolute Gasteiger partial charge is 0.149 e. The molecule has 4 nitrogen and oxygen atoms in total. The van der Waals surface area contributed by atoms with Crippen molar-refractivity contribution < 1.29 is 0 Å². The van der Waals surface area contributed by atoms with Crippen LogP contribution in [0, 0.1) is 6.92 Å². The van der Waals surface area contributed by atoms with E-state index in [0.29, 0.717) is 0 Å². The third kappa shape index (κ3) is 3.98.